The van der Waals surface area contributed by atoms with E-state index in [1.807, 2.05) is 45.0 Å². The molecular weight excluding hydrogens is 549 g/mol. The molecule has 0 aromatic heterocycles. The van der Waals surface area contributed by atoms with Gasteiger partial charge in [-0.3, -0.25) is 14.4 Å². The van der Waals surface area contributed by atoms with E-state index in [-0.39, 0.29) is 22.4 Å². The van der Waals surface area contributed by atoms with Gasteiger partial charge in [0.1, 0.15) is 11.5 Å². The summed E-state index contributed by atoms with van der Waals surface area (Å²) < 4.78 is 14.4. The van der Waals surface area contributed by atoms with Crippen molar-refractivity contribution in [3.05, 3.63) is 131 Å². The van der Waals surface area contributed by atoms with Crippen molar-refractivity contribution in [3.63, 3.8) is 0 Å². The number of carbonyl (C=O) groups is 3. The highest BCUT2D eigenvalue weighted by atomic mass is 32.2. The highest BCUT2D eigenvalue weighted by Gasteiger charge is 2.20. The fourth-order valence-corrected chi connectivity index (χ4v) is 5.12. The molecular formula is C34H32FN3O3S. The average Bonchev–Trinajstić information content (AvgIpc) is 2.99. The number of hydrogen-bond acceptors (Lipinski definition) is 4. The number of benzene rings is 4. The molecule has 0 fully saturated rings. The lowest BCUT2D eigenvalue weighted by molar-refractivity contribution is -0.116. The van der Waals surface area contributed by atoms with Crippen molar-refractivity contribution in [2.75, 3.05) is 10.6 Å². The van der Waals surface area contributed by atoms with Crippen LogP contribution in [0.4, 0.5) is 15.8 Å². The van der Waals surface area contributed by atoms with Gasteiger partial charge < -0.3 is 16.0 Å². The molecule has 1 unspecified atom stereocenters. The molecule has 0 saturated heterocycles. The van der Waals surface area contributed by atoms with E-state index in [4.69, 9.17) is 0 Å². The molecule has 6 nitrogen and oxygen atoms in total. The van der Waals surface area contributed by atoms with Crippen molar-refractivity contribution in [1.29, 1.82) is 0 Å². The van der Waals surface area contributed by atoms with E-state index in [2.05, 4.69) is 16.0 Å². The van der Waals surface area contributed by atoms with Crippen LogP contribution in [-0.2, 0) is 9.59 Å². The van der Waals surface area contributed by atoms with Gasteiger partial charge in [-0.05, 0) is 79.9 Å². The minimum atomic E-state index is -0.621. The first-order valence-corrected chi connectivity index (χ1v) is 14.4. The summed E-state index contributed by atoms with van der Waals surface area (Å²) in [7, 11) is 0. The molecule has 0 heterocycles. The van der Waals surface area contributed by atoms with E-state index >= 15 is 0 Å². The topological polar surface area (TPSA) is 87.3 Å². The summed E-state index contributed by atoms with van der Waals surface area (Å²) in [6, 6.07) is 27.5. The third kappa shape index (κ3) is 8.17. The maximum Gasteiger partial charge on any atom is 0.272 e. The first-order valence-electron chi connectivity index (χ1n) is 13.5. The maximum absolute atomic E-state index is 14.4. The Labute approximate surface area is 249 Å². The molecule has 0 bridgehead atoms. The number of aryl methyl sites for hydroxylation is 2. The Hall–Kier alpha value is -4.69. The molecule has 0 spiro atoms. The molecule has 0 aliphatic carbocycles. The van der Waals surface area contributed by atoms with Crippen LogP contribution in [0.1, 0.15) is 40.4 Å². The van der Waals surface area contributed by atoms with Gasteiger partial charge in [-0.1, -0.05) is 61.5 Å². The number of amides is 3. The van der Waals surface area contributed by atoms with Gasteiger partial charge in [0, 0.05) is 27.4 Å². The average molecular weight is 582 g/mol. The Morgan fingerprint density at radius 2 is 1.60 bits per heavy atom. The van der Waals surface area contributed by atoms with Crippen LogP contribution in [0.3, 0.4) is 0 Å². The van der Waals surface area contributed by atoms with E-state index < -0.39 is 17.6 Å². The Morgan fingerprint density at radius 3 is 2.33 bits per heavy atom. The smallest absolute Gasteiger partial charge is 0.272 e. The summed E-state index contributed by atoms with van der Waals surface area (Å²) in [5.74, 6) is -1.76. The molecule has 4 rings (SSSR count). The molecule has 1 atom stereocenters. The van der Waals surface area contributed by atoms with Crippen molar-refractivity contribution in [1.82, 2.24) is 5.32 Å². The van der Waals surface area contributed by atoms with Crippen molar-refractivity contribution in [3.8, 4) is 0 Å². The number of hydrogen-bond donors (Lipinski definition) is 3. The van der Waals surface area contributed by atoms with Crippen LogP contribution in [0.15, 0.2) is 108 Å². The number of thioether (sulfide) groups is 1. The second kappa shape index (κ2) is 14.3. The Kier molecular flexibility index (Phi) is 10.3. The van der Waals surface area contributed by atoms with Gasteiger partial charge in [0.15, 0.2) is 0 Å². The van der Waals surface area contributed by atoms with Crippen LogP contribution < -0.4 is 16.0 Å². The predicted molar refractivity (Wildman–Crippen MR) is 168 cm³/mol. The second-order valence-corrected chi connectivity index (χ2v) is 11.0. The third-order valence-electron chi connectivity index (χ3n) is 6.42. The highest BCUT2D eigenvalue weighted by molar-refractivity contribution is 8.00. The largest absolute Gasteiger partial charge is 0.325 e. The second-order valence-electron chi connectivity index (χ2n) is 9.70. The van der Waals surface area contributed by atoms with Crippen molar-refractivity contribution >= 4 is 46.9 Å². The number of nitrogens with one attached hydrogen (secondary N) is 3. The van der Waals surface area contributed by atoms with Crippen LogP contribution in [0, 0.1) is 19.7 Å². The van der Waals surface area contributed by atoms with Crippen LogP contribution in [0.5, 0.6) is 0 Å². The van der Waals surface area contributed by atoms with E-state index in [0.717, 1.165) is 21.7 Å². The minimum absolute atomic E-state index is 0.107. The highest BCUT2D eigenvalue weighted by Crippen LogP contribution is 2.29. The fourth-order valence-electron chi connectivity index (χ4n) is 4.11. The van der Waals surface area contributed by atoms with Crippen LogP contribution in [-0.4, -0.2) is 23.0 Å². The molecule has 214 valence electrons. The third-order valence-corrected chi connectivity index (χ3v) is 7.78. The maximum atomic E-state index is 14.4. The summed E-state index contributed by atoms with van der Waals surface area (Å²) >= 11 is 1.39. The van der Waals surface area contributed by atoms with Crippen molar-refractivity contribution < 1.29 is 18.8 Å². The zero-order valence-electron chi connectivity index (χ0n) is 23.6. The van der Waals surface area contributed by atoms with Crippen LogP contribution in [0.2, 0.25) is 0 Å². The molecule has 0 saturated carbocycles. The van der Waals surface area contributed by atoms with Gasteiger partial charge >= 0.3 is 0 Å². The van der Waals surface area contributed by atoms with E-state index in [9.17, 15) is 18.8 Å². The lowest BCUT2D eigenvalue weighted by Crippen LogP contribution is -2.30. The Bertz CT molecular complexity index is 1620. The lowest BCUT2D eigenvalue weighted by atomic mass is 10.1. The number of halogens is 1. The molecule has 4 aromatic rings. The molecule has 42 heavy (non-hydrogen) atoms. The minimum Gasteiger partial charge on any atom is -0.325 e. The van der Waals surface area contributed by atoms with E-state index in [0.29, 0.717) is 17.7 Å². The molecule has 0 aliphatic rings. The molecule has 3 N–H and O–H groups in total. The summed E-state index contributed by atoms with van der Waals surface area (Å²) in [4.78, 5) is 40.1. The molecule has 0 radical (unpaired) electrons. The molecule has 8 heteroatoms. The lowest BCUT2D eigenvalue weighted by Gasteiger charge is -2.17. The quantitative estimate of drug-likeness (QED) is 0.135. The Balaban J connectivity index is 1.51. The number of carbonyl (C=O) groups excluding carboxylic acids is 3. The molecule has 0 aliphatic heterocycles. The summed E-state index contributed by atoms with van der Waals surface area (Å²) in [6.07, 6.45) is 1.90. The fraction of sp³-hybridized carbons (Fsp3) is 0.147. The summed E-state index contributed by atoms with van der Waals surface area (Å²) in [5.41, 5.74) is 3.68. The van der Waals surface area contributed by atoms with Gasteiger partial charge in [0.05, 0.1) is 5.25 Å². The zero-order valence-corrected chi connectivity index (χ0v) is 24.4. The van der Waals surface area contributed by atoms with Crippen LogP contribution in [0.25, 0.3) is 6.08 Å². The van der Waals surface area contributed by atoms with Gasteiger partial charge in [0.2, 0.25) is 5.91 Å². The first-order chi connectivity index (χ1) is 20.2. The molecule has 3 amide bonds. The molecule has 4 aromatic carbocycles. The van der Waals surface area contributed by atoms with E-state index in [1.165, 1.54) is 30.0 Å². The zero-order chi connectivity index (χ0) is 30.1. The SMILES string of the molecule is CCC(Sc1cccc(NC(=O)/C(=C/c2ccccc2F)NC(=O)c2ccccc2)c1)C(=O)Nc1cc(C)ccc1C. The van der Waals surface area contributed by atoms with Crippen LogP contribution >= 0.6 is 11.8 Å². The van der Waals surface area contributed by atoms with Gasteiger partial charge in [-0.25, -0.2) is 4.39 Å². The number of anilines is 2. The summed E-state index contributed by atoms with van der Waals surface area (Å²) in [5, 5.41) is 8.08. The first kappa shape index (κ1) is 30.3. The Morgan fingerprint density at radius 1 is 0.857 bits per heavy atom. The van der Waals surface area contributed by atoms with Gasteiger partial charge in [-0.15, -0.1) is 11.8 Å². The monoisotopic (exact) mass is 581 g/mol. The normalized spacial score (nSPS) is 11.9. The predicted octanol–water partition coefficient (Wildman–Crippen LogP) is 7.36. The van der Waals surface area contributed by atoms with Gasteiger partial charge in [-0.2, -0.15) is 0 Å². The van der Waals surface area contributed by atoms with Crippen molar-refractivity contribution in [2.24, 2.45) is 0 Å². The number of rotatable bonds is 10. The van der Waals surface area contributed by atoms with Gasteiger partial charge in [0.25, 0.3) is 11.8 Å². The summed E-state index contributed by atoms with van der Waals surface area (Å²) in [6.45, 7) is 5.87. The standard InChI is InChI=1S/C34H32FN3O3S/c1-4-31(34(41)37-29-19-22(2)17-18-23(29)3)42-27-15-10-14-26(21-27)36-33(40)30(20-25-13-8-9-16-28(25)35)38-32(39)24-11-6-5-7-12-24/h5-21,31H,4H2,1-3H3,(H,36,40)(H,37,41)(H,38,39)/b30-20-. The van der Waals surface area contributed by atoms with Crippen molar-refractivity contribution in [2.45, 2.75) is 37.3 Å². The van der Waals surface area contributed by atoms with E-state index in [1.54, 1.807) is 60.7 Å².